The summed E-state index contributed by atoms with van der Waals surface area (Å²) in [7, 11) is -1.14. The van der Waals surface area contributed by atoms with E-state index in [2.05, 4.69) is 4.98 Å². The number of benzene rings is 1. The van der Waals surface area contributed by atoms with Crippen molar-refractivity contribution < 1.29 is 18.1 Å². The number of rotatable bonds is 4. The molecular weight excluding hydrogens is 326 g/mol. The molecule has 0 N–H and O–H groups in total. The largest absolute Gasteiger partial charge is 0.486 e. The zero-order chi connectivity index (χ0) is 15.7. The minimum atomic E-state index is -1.14. The van der Waals surface area contributed by atoms with Crippen molar-refractivity contribution in [2.75, 3.05) is 13.2 Å². The fraction of sp³-hybridized carbons (Fsp3) is 0.400. The molecule has 1 aromatic carbocycles. The van der Waals surface area contributed by atoms with Crippen LogP contribution < -0.4 is 9.47 Å². The Morgan fingerprint density at radius 2 is 2.00 bits per heavy atom. The van der Waals surface area contributed by atoms with Crippen molar-refractivity contribution in [1.29, 1.82) is 0 Å². The minimum Gasteiger partial charge on any atom is -0.486 e. The number of oxazole rings is 1. The second-order valence-corrected chi connectivity index (χ2v) is 6.94. The van der Waals surface area contributed by atoms with E-state index in [9.17, 15) is 4.21 Å². The van der Waals surface area contributed by atoms with Crippen molar-refractivity contribution in [2.45, 2.75) is 25.4 Å². The second-order valence-electron chi connectivity index (χ2n) is 5.08. The average Bonchev–Trinajstić information content (AvgIpc) is 2.77. The van der Waals surface area contributed by atoms with Gasteiger partial charge in [-0.15, -0.1) is 0 Å². The van der Waals surface area contributed by atoms with Crippen molar-refractivity contribution in [1.82, 2.24) is 4.98 Å². The van der Waals surface area contributed by atoms with Gasteiger partial charge in [-0.2, -0.15) is 0 Å². The summed E-state index contributed by atoms with van der Waals surface area (Å²) in [5.74, 6) is 3.05. The zero-order valence-electron chi connectivity index (χ0n) is 12.3. The molecule has 0 saturated heterocycles. The average molecular weight is 342 g/mol. The SMILES string of the molecule is Cc1nc(C[S@](=O)Cc2cc(Cl)c3c(c2)OCCO3)oc1C. The highest BCUT2D eigenvalue weighted by atomic mass is 35.5. The van der Waals surface area contributed by atoms with Gasteiger partial charge in [0.15, 0.2) is 11.5 Å². The highest BCUT2D eigenvalue weighted by Gasteiger charge is 2.18. The monoisotopic (exact) mass is 341 g/mol. The summed E-state index contributed by atoms with van der Waals surface area (Å²) in [6.07, 6.45) is 0. The second kappa shape index (κ2) is 6.30. The first-order valence-electron chi connectivity index (χ1n) is 6.89. The number of fused-ring (bicyclic) bond motifs is 1. The van der Waals surface area contributed by atoms with Crippen molar-refractivity contribution in [3.8, 4) is 11.5 Å². The lowest BCUT2D eigenvalue weighted by atomic mass is 10.2. The third-order valence-electron chi connectivity index (χ3n) is 3.34. The summed E-state index contributed by atoms with van der Waals surface area (Å²) in [5, 5.41) is 0.479. The number of aromatic nitrogens is 1. The van der Waals surface area contributed by atoms with E-state index >= 15 is 0 Å². The van der Waals surface area contributed by atoms with Crippen LogP contribution in [0, 0.1) is 13.8 Å². The molecule has 0 radical (unpaired) electrons. The molecule has 0 unspecified atom stereocenters. The molecule has 0 amide bonds. The van der Waals surface area contributed by atoms with Crippen molar-refractivity contribution >= 4 is 22.4 Å². The Balaban J connectivity index is 1.72. The van der Waals surface area contributed by atoms with Crippen LogP contribution in [0.15, 0.2) is 16.5 Å². The molecule has 2 heterocycles. The van der Waals surface area contributed by atoms with E-state index in [1.807, 2.05) is 19.9 Å². The summed E-state index contributed by atoms with van der Waals surface area (Å²) in [6, 6.07) is 3.59. The molecule has 1 atom stereocenters. The quantitative estimate of drug-likeness (QED) is 0.854. The number of nitrogens with zero attached hydrogens (tertiary/aromatic N) is 1. The lowest BCUT2D eigenvalue weighted by Gasteiger charge is -2.20. The molecule has 1 aliphatic heterocycles. The fourth-order valence-electron chi connectivity index (χ4n) is 2.22. The molecule has 0 fully saturated rings. The highest BCUT2D eigenvalue weighted by molar-refractivity contribution is 7.83. The number of hydrogen-bond acceptors (Lipinski definition) is 5. The summed E-state index contributed by atoms with van der Waals surface area (Å²) in [5.41, 5.74) is 1.67. The Kier molecular flexibility index (Phi) is 4.40. The van der Waals surface area contributed by atoms with Gasteiger partial charge in [-0.3, -0.25) is 4.21 Å². The van der Waals surface area contributed by atoms with Crippen LogP contribution in [-0.4, -0.2) is 22.4 Å². The summed E-state index contributed by atoms with van der Waals surface area (Å²) >= 11 is 6.18. The third-order valence-corrected chi connectivity index (χ3v) is 4.85. The Bertz CT molecular complexity index is 709. The van der Waals surface area contributed by atoms with Gasteiger partial charge < -0.3 is 13.9 Å². The van der Waals surface area contributed by atoms with Crippen LogP contribution in [0.3, 0.4) is 0 Å². The molecule has 0 bridgehead atoms. The minimum absolute atomic E-state index is 0.279. The van der Waals surface area contributed by atoms with Crippen molar-refractivity contribution in [2.24, 2.45) is 0 Å². The van der Waals surface area contributed by atoms with Crippen LogP contribution in [0.4, 0.5) is 0 Å². The fourth-order valence-corrected chi connectivity index (χ4v) is 3.55. The van der Waals surface area contributed by atoms with Crippen LogP contribution >= 0.6 is 11.6 Å². The van der Waals surface area contributed by atoms with E-state index in [0.717, 1.165) is 17.0 Å². The molecule has 0 aliphatic carbocycles. The van der Waals surface area contributed by atoms with Gasteiger partial charge in [-0.05, 0) is 31.5 Å². The number of aryl methyl sites for hydroxylation is 2. The topological polar surface area (TPSA) is 61.6 Å². The van der Waals surface area contributed by atoms with E-state index in [0.29, 0.717) is 41.4 Å². The predicted molar refractivity (Wildman–Crippen MR) is 84.0 cm³/mol. The summed E-state index contributed by atoms with van der Waals surface area (Å²) < 4.78 is 28.7. The van der Waals surface area contributed by atoms with Crippen LogP contribution in [0.1, 0.15) is 22.9 Å². The maximum absolute atomic E-state index is 12.3. The van der Waals surface area contributed by atoms with Gasteiger partial charge >= 0.3 is 0 Å². The molecule has 0 saturated carbocycles. The van der Waals surface area contributed by atoms with Crippen LogP contribution in [-0.2, 0) is 22.3 Å². The van der Waals surface area contributed by atoms with Crippen molar-refractivity contribution in [3.63, 3.8) is 0 Å². The first-order chi connectivity index (χ1) is 10.5. The van der Waals surface area contributed by atoms with Gasteiger partial charge in [0.2, 0.25) is 5.89 Å². The smallest absolute Gasteiger partial charge is 0.207 e. The molecular formula is C15H16ClNO4S. The first-order valence-corrected chi connectivity index (χ1v) is 8.75. The predicted octanol–water partition coefficient (Wildman–Crippen LogP) is 3.16. The van der Waals surface area contributed by atoms with Gasteiger partial charge in [-0.1, -0.05) is 11.6 Å². The third kappa shape index (κ3) is 3.28. The van der Waals surface area contributed by atoms with Gasteiger partial charge in [0.1, 0.15) is 24.7 Å². The highest BCUT2D eigenvalue weighted by Crippen LogP contribution is 2.38. The van der Waals surface area contributed by atoms with Crippen LogP contribution in [0.5, 0.6) is 11.5 Å². The summed E-state index contributed by atoms with van der Waals surface area (Å²) in [6.45, 7) is 4.69. The molecule has 7 heteroatoms. The Hall–Kier alpha value is -1.53. The van der Waals surface area contributed by atoms with Gasteiger partial charge in [0, 0.05) is 16.6 Å². The zero-order valence-corrected chi connectivity index (χ0v) is 13.9. The first kappa shape index (κ1) is 15.4. The Morgan fingerprint density at radius 3 is 2.73 bits per heavy atom. The molecule has 1 aromatic heterocycles. The lowest BCUT2D eigenvalue weighted by molar-refractivity contribution is 0.171. The molecule has 22 heavy (non-hydrogen) atoms. The maximum atomic E-state index is 12.3. The van der Waals surface area contributed by atoms with E-state index in [1.165, 1.54) is 0 Å². The Labute approximate surface area is 136 Å². The molecule has 3 rings (SSSR count). The number of halogens is 1. The normalized spacial score (nSPS) is 14.9. The van der Waals surface area contributed by atoms with E-state index < -0.39 is 10.8 Å². The van der Waals surface area contributed by atoms with Gasteiger partial charge in [-0.25, -0.2) is 4.98 Å². The van der Waals surface area contributed by atoms with E-state index in [1.54, 1.807) is 6.07 Å². The molecule has 118 valence electrons. The molecule has 2 aromatic rings. The van der Waals surface area contributed by atoms with E-state index in [-0.39, 0.29) is 5.75 Å². The Morgan fingerprint density at radius 1 is 1.23 bits per heavy atom. The van der Waals surface area contributed by atoms with Gasteiger partial charge in [0.05, 0.1) is 10.7 Å². The molecule has 1 aliphatic rings. The molecule has 5 nitrogen and oxygen atoms in total. The van der Waals surface area contributed by atoms with Crippen molar-refractivity contribution in [3.05, 3.63) is 40.1 Å². The number of hydrogen-bond donors (Lipinski definition) is 0. The number of ether oxygens (including phenoxy) is 2. The summed E-state index contributed by atoms with van der Waals surface area (Å²) in [4.78, 5) is 4.25. The van der Waals surface area contributed by atoms with Crippen LogP contribution in [0.25, 0.3) is 0 Å². The molecule has 0 spiro atoms. The van der Waals surface area contributed by atoms with E-state index in [4.69, 9.17) is 25.5 Å². The maximum Gasteiger partial charge on any atom is 0.207 e. The van der Waals surface area contributed by atoms with Crippen LogP contribution in [0.2, 0.25) is 5.02 Å². The lowest BCUT2D eigenvalue weighted by Crippen LogP contribution is -2.16. The standard InChI is InChI=1S/C15H16ClNO4S/c1-9-10(2)21-14(17-9)8-22(18)7-11-5-12(16)15-13(6-11)19-3-4-20-15/h5-6H,3-4,7-8H2,1-2H3/t22-/m1/s1. The van der Waals surface area contributed by atoms with Gasteiger partial charge in [0.25, 0.3) is 0 Å².